The number of carbonyl (C=O) groups excluding carboxylic acids is 1. The van der Waals surface area contributed by atoms with Gasteiger partial charge in [0.05, 0.1) is 24.2 Å². The molecule has 0 aliphatic rings. The van der Waals surface area contributed by atoms with Gasteiger partial charge < -0.3 is 10.5 Å². The molecule has 16 heavy (non-hydrogen) atoms. The molecule has 0 saturated heterocycles. The first-order valence-corrected chi connectivity index (χ1v) is 5.20. The maximum absolute atomic E-state index is 11.4. The summed E-state index contributed by atoms with van der Waals surface area (Å²) in [5.74, 6) is 0.0712. The third-order valence-corrected chi connectivity index (χ3v) is 2.31. The first-order chi connectivity index (χ1) is 7.58. The summed E-state index contributed by atoms with van der Waals surface area (Å²) in [7, 11) is 1.34. The summed E-state index contributed by atoms with van der Waals surface area (Å²) >= 11 is 5.52. The second-order valence-corrected chi connectivity index (χ2v) is 3.49. The number of methoxy groups -OCH3 is 1. The van der Waals surface area contributed by atoms with Crippen LogP contribution in [0.15, 0.2) is 23.2 Å². The smallest absolute Gasteiger partial charge is 0.338 e. The van der Waals surface area contributed by atoms with Gasteiger partial charge in [0, 0.05) is 0 Å². The Labute approximate surface area is 99.1 Å². The molecule has 1 rings (SSSR count). The molecule has 5 heteroatoms. The van der Waals surface area contributed by atoms with Crippen molar-refractivity contribution in [2.24, 2.45) is 10.7 Å². The van der Waals surface area contributed by atoms with Gasteiger partial charge in [-0.05, 0) is 24.6 Å². The van der Waals surface area contributed by atoms with Crippen molar-refractivity contribution >= 4 is 29.1 Å². The van der Waals surface area contributed by atoms with Crippen molar-refractivity contribution in [2.75, 3.05) is 13.0 Å². The average molecular weight is 241 g/mol. The number of halogens is 1. The number of carbonyl (C=O) groups is 1. The molecule has 0 atom stereocenters. The standard InChI is InChI=1S/C11H13ClN2O2/c1-7-3-4-8(14-10(13)6-12)5-9(7)11(15)16-2/h3-5H,6H2,1-2H3,(H2,13,14). The molecule has 0 spiro atoms. The maximum atomic E-state index is 11.4. The van der Waals surface area contributed by atoms with Crippen molar-refractivity contribution < 1.29 is 9.53 Å². The molecule has 1 aromatic carbocycles. The van der Waals surface area contributed by atoms with E-state index in [1.807, 2.05) is 6.92 Å². The first kappa shape index (κ1) is 12.5. The van der Waals surface area contributed by atoms with Gasteiger partial charge in [-0.25, -0.2) is 9.79 Å². The molecule has 86 valence electrons. The molecule has 0 amide bonds. The van der Waals surface area contributed by atoms with Crippen molar-refractivity contribution in [2.45, 2.75) is 6.92 Å². The number of aryl methyl sites for hydroxylation is 1. The van der Waals surface area contributed by atoms with Crippen LogP contribution in [0, 0.1) is 6.92 Å². The fraction of sp³-hybridized carbons (Fsp3) is 0.273. The fourth-order valence-corrected chi connectivity index (χ4v) is 1.26. The lowest BCUT2D eigenvalue weighted by Gasteiger charge is -2.04. The lowest BCUT2D eigenvalue weighted by Crippen LogP contribution is -2.12. The molecule has 0 bridgehead atoms. The Morgan fingerprint density at radius 2 is 2.25 bits per heavy atom. The molecule has 2 N–H and O–H groups in total. The van der Waals surface area contributed by atoms with Crippen LogP contribution in [0.25, 0.3) is 0 Å². The molecule has 0 heterocycles. The Balaban J connectivity index is 3.12. The van der Waals surface area contributed by atoms with E-state index in [1.165, 1.54) is 7.11 Å². The van der Waals surface area contributed by atoms with Crippen molar-refractivity contribution in [3.63, 3.8) is 0 Å². The van der Waals surface area contributed by atoms with Crippen molar-refractivity contribution in [3.05, 3.63) is 29.3 Å². The van der Waals surface area contributed by atoms with E-state index in [-0.39, 0.29) is 11.8 Å². The van der Waals surface area contributed by atoms with Crippen LogP contribution in [-0.2, 0) is 4.74 Å². The predicted octanol–water partition coefficient (Wildman–Crippen LogP) is 2.01. The first-order valence-electron chi connectivity index (χ1n) is 4.66. The van der Waals surface area contributed by atoms with E-state index in [4.69, 9.17) is 17.3 Å². The third-order valence-electron chi connectivity index (χ3n) is 2.04. The van der Waals surface area contributed by atoms with Crippen LogP contribution in [0.4, 0.5) is 5.69 Å². The number of esters is 1. The molecule has 0 aromatic heterocycles. The van der Waals surface area contributed by atoms with Crippen molar-refractivity contribution in [3.8, 4) is 0 Å². The number of benzene rings is 1. The van der Waals surface area contributed by atoms with E-state index < -0.39 is 0 Å². The topological polar surface area (TPSA) is 64.7 Å². The monoisotopic (exact) mass is 240 g/mol. The van der Waals surface area contributed by atoms with E-state index in [1.54, 1.807) is 18.2 Å². The molecule has 0 fully saturated rings. The zero-order valence-corrected chi connectivity index (χ0v) is 9.91. The molecule has 1 aromatic rings. The van der Waals surface area contributed by atoms with E-state index in [0.717, 1.165) is 5.56 Å². The molecular formula is C11H13ClN2O2. The summed E-state index contributed by atoms with van der Waals surface area (Å²) in [6, 6.07) is 5.17. The van der Waals surface area contributed by atoms with E-state index in [2.05, 4.69) is 9.73 Å². The van der Waals surface area contributed by atoms with Crippen LogP contribution in [0.1, 0.15) is 15.9 Å². The normalized spacial score (nSPS) is 11.3. The molecule has 0 unspecified atom stereocenters. The number of alkyl halides is 1. The van der Waals surface area contributed by atoms with Crippen LogP contribution in [0.3, 0.4) is 0 Å². The summed E-state index contributed by atoms with van der Waals surface area (Å²) in [5.41, 5.74) is 7.40. The fourth-order valence-electron chi connectivity index (χ4n) is 1.21. The zero-order chi connectivity index (χ0) is 12.1. The largest absolute Gasteiger partial charge is 0.465 e. The van der Waals surface area contributed by atoms with Crippen molar-refractivity contribution in [1.29, 1.82) is 0 Å². The number of amidine groups is 1. The molecule has 4 nitrogen and oxygen atoms in total. The third kappa shape index (κ3) is 2.97. The van der Waals surface area contributed by atoms with Gasteiger partial charge in [-0.15, -0.1) is 11.6 Å². The Hall–Kier alpha value is -1.55. The molecule has 0 aliphatic heterocycles. The molecule has 0 radical (unpaired) electrons. The van der Waals surface area contributed by atoms with Gasteiger partial charge in [0.15, 0.2) is 0 Å². The van der Waals surface area contributed by atoms with Gasteiger partial charge in [-0.3, -0.25) is 0 Å². The van der Waals surface area contributed by atoms with E-state index >= 15 is 0 Å². The van der Waals surface area contributed by atoms with Gasteiger partial charge in [-0.2, -0.15) is 0 Å². The Kier molecular flexibility index (Phi) is 4.31. The highest BCUT2D eigenvalue weighted by atomic mass is 35.5. The minimum absolute atomic E-state index is 0.154. The van der Waals surface area contributed by atoms with Gasteiger partial charge in [0.25, 0.3) is 0 Å². The maximum Gasteiger partial charge on any atom is 0.338 e. The summed E-state index contributed by atoms with van der Waals surface area (Å²) < 4.78 is 4.66. The Morgan fingerprint density at radius 3 is 2.81 bits per heavy atom. The summed E-state index contributed by atoms with van der Waals surface area (Å²) in [6.45, 7) is 1.82. The number of hydrogen-bond acceptors (Lipinski definition) is 3. The highest BCUT2D eigenvalue weighted by molar-refractivity contribution is 6.28. The van der Waals surface area contributed by atoms with E-state index in [0.29, 0.717) is 17.1 Å². The van der Waals surface area contributed by atoms with Crippen LogP contribution < -0.4 is 5.73 Å². The highest BCUT2D eigenvalue weighted by Crippen LogP contribution is 2.18. The second-order valence-electron chi connectivity index (χ2n) is 3.23. The number of rotatable bonds is 3. The molecular weight excluding hydrogens is 228 g/mol. The number of hydrogen-bond donors (Lipinski definition) is 1. The number of aliphatic imine (C=N–C) groups is 1. The number of ether oxygens (including phenoxy) is 1. The quantitative estimate of drug-likeness (QED) is 0.380. The minimum atomic E-state index is -0.390. The van der Waals surface area contributed by atoms with Crippen LogP contribution >= 0.6 is 11.6 Å². The molecule has 0 saturated carbocycles. The minimum Gasteiger partial charge on any atom is -0.465 e. The Morgan fingerprint density at radius 1 is 1.56 bits per heavy atom. The van der Waals surface area contributed by atoms with Crippen LogP contribution in [0.2, 0.25) is 0 Å². The average Bonchev–Trinajstić information content (AvgIpc) is 2.30. The predicted molar refractivity (Wildman–Crippen MR) is 64.5 cm³/mol. The van der Waals surface area contributed by atoms with Gasteiger partial charge in [-0.1, -0.05) is 6.07 Å². The highest BCUT2D eigenvalue weighted by Gasteiger charge is 2.09. The van der Waals surface area contributed by atoms with Gasteiger partial charge in [0.2, 0.25) is 0 Å². The van der Waals surface area contributed by atoms with Crippen LogP contribution in [-0.4, -0.2) is 24.8 Å². The Bertz CT molecular complexity index is 430. The lowest BCUT2D eigenvalue weighted by molar-refractivity contribution is 0.0600. The number of nitrogens with zero attached hydrogens (tertiary/aromatic N) is 1. The molecule has 0 aliphatic carbocycles. The second kappa shape index (κ2) is 5.51. The van der Waals surface area contributed by atoms with Gasteiger partial charge >= 0.3 is 5.97 Å². The number of nitrogens with two attached hydrogens (primary N) is 1. The van der Waals surface area contributed by atoms with Crippen molar-refractivity contribution in [1.82, 2.24) is 0 Å². The summed E-state index contributed by atoms with van der Waals surface area (Å²) in [5, 5.41) is 0. The lowest BCUT2D eigenvalue weighted by atomic mass is 10.1. The summed E-state index contributed by atoms with van der Waals surface area (Å²) in [6.07, 6.45) is 0. The van der Waals surface area contributed by atoms with Crippen LogP contribution in [0.5, 0.6) is 0 Å². The zero-order valence-electron chi connectivity index (χ0n) is 9.16. The summed E-state index contributed by atoms with van der Waals surface area (Å²) in [4.78, 5) is 15.5. The van der Waals surface area contributed by atoms with E-state index in [9.17, 15) is 4.79 Å². The SMILES string of the molecule is COC(=O)c1cc(N=C(N)CCl)ccc1C. The van der Waals surface area contributed by atoms with Gasteiger partial charge in [0.1, 0.15) is 5.84 Å².